The minimum Gasteiger partial charge on any atom is -0.497 e. The van der Waals surface area contributed by atoms with Crippen LogP contribution in [0.2, 0.25) is 0 Å². The lowest BCUT2D eigenvalue weighted by molar-refractivity contribution is -0.119. The smallest absolute Gasteiger partial charge is 0.227 e. The summed E-state index contributed by atoms with van der Waals surface area (Å²) in [4.78, 5) is 12.0. The fourth-order valence-electron chi connectivity index (χ4n) is 2.10. The van der Waals surface area contributed by atoms with Gasteiger partial charge in [0.2, 0.25) is 5.91 Å². The second-order valence-corrected chi connectivity index (χ2v) is 5.44. The maximum Gasteiger partial charge on any atom is 0.227 e. The Morgan fingerprint density at radius 2 is 2.37 bits per heavy atom. The molecule has 1 aromatic carbocycles. The Bertz CT molecular complexity index is 444. The summed E-state index contributed by atoms with van der Waals surface area (Å²) in [5.74, 6) is 0.688. The fraction of sp³-hybridized carbons (Fsp3) is 0.500. The van der Waals surface area contributed by atoms with Gasteiger partial charge >= 0.3 is 0 Å². The molecule has 4 nitrogen and oxygen atoms in total. The van der Waals surface area contributed by atoms with E-state index in [1.54, 1.807) is 13.2 Å². The van der Waals surface area contributed by atoms with Gasteiger partial charge in [-0.25, -0.2) is 0 Å². The first-order chi connectivity index (χ1) is 9.19. The Balaban J connectivity index is 1.94. The number of carbonyl (C=O) groups excluding carboxylic acids is 1. The molecule has 0 bridgehead atoms. The molecule has 1 N–H and O–H groups in total. The molecule has 0 aliphatic carbocycles. The molecular weight excluding hydrogens is 310 g/mol. The molecule has 1 aliphatic heterocycles. The van der Waals surface area contributed by atoms with Gasteiger partial charge in [-0.15, -0.1) is 0 Å². The normalized spacial score (nSPS) is 18.9. The average Bonchev–Trinajstić information content (AvgIpc) is 2.42. The Kier molecular flexibility index (Phi) is 5.22. The van der Waals surface area contributed by atoms with Crippen molar-refractivity contribution in [1.82, 2.24) is 0 Å². The number of methoxy groups -OCH3 is 1. The van der Waals surface area contributed by atoms with Gasteiger partial charge < -0.3 is 14.8 Å². The molecule has 1 saturated heterocycles. The summed E-state index contributed by atoms with van der Waals surface area (Å²) in [6, 6.07) is 5.49. The van der Waals surface area contributed by atoms with Crippen LogP contribution in [0.5, 0.6) is 5.75 Å². The molecular formula is C14H18BrNO3. The molecule has 1 heterocycles. The zero-order valence-electron chi connectivity index (χ0n) is 10.9. The Labute approximate surface area is 121 Å². The van der Waals surface area contributed by atoms with Crippen molar-refractivity contribution in [3.05, 3.63) is 22.7 Å². The highest BCUT2D eigenvalue weighted by Gasteiger charge is 2.18. The summed E-state index contributed by atoms with van der Waals surface area (Å²) in [5, 5.41) is 2.89. The van der Waals surface area contributed by atoms with Crippen LogP contribution in [0.25, 0.3) is 0 Å². The first-order valence-electron chi connectivity index (χ1n) is 6.44. The predicted octanol–water partition coefficient (Wildman–Crippen LogP) is 3.36. The number of anilines is 1. The first-order valence-corrected chi connectivity index (χ1v) is 7.23. The molecule has 1 unspecified atom stereocenters. The van der Waals surface area contributed by atoms with Crippen molar-refractivity contribution in [2.45, 2.75) is 31.8 Å². The van der Waals surface area contributed by atoms with E-state index < -0.39 is 0 Å². The summed E-state index contributed by atoms with van der Waals surface area (Å²) < 4.78 is 11.5. The van der Waals surface area contributed by atoms with Crippen molar-refractivity contribution in [3.8, 4) is 5.75 Å². The molecule has 104 valence electrons. The van der Waals surface area contributed by atoms with Crippen LogP contribution in [-0.2, 0) is 9.53 Å². The van der Waals surface area contributed by atoms with E-state index in [2.05, 4.69) is 21.2 Å². The van der Waals surface area contributed by atoms with Gasteiger partial charge in [-0.2, -0.15) is 0 Å². The minimum atomic E-state index is -0.0270. The topological polar surface area (TPSA) is 47.6 Å². The fourth-order valence-corrected chi connectivity index (χ4v) is 2.45. The molecule has 1 atom stereocenters. The van der Waals surface area contributed by atoms with Gasteiger partial charge in [0.1, 0.15) is 5.75 Å². The number of benzene rings is 1. The van der Waals surface area contributed by atoms with E-state index in [0.29, 0.717) is 12.2 Å². The van der Waals surface area contributed by atoms with Gasteiger partial charge in [-0.1, -0.05) is 0 Å². The van der Waals surface area contributed by atoms with Crippen LogP contribution in [0.4, 0.5) is 5.69 Å². The summed E-state index contributed by atoms with van der Waals surface area (Å²) in [5.41, 5.74) is 0.722. The molecule has 2 rings (SSSR count). The van der Waals surface area contributed by atoms with Crippen molar-refractivity contribution in [2.24, 2.45) is 0 Å². The van der Waals surface area contributed by atoms with Crippen LogP contribution in [0.3, 0.4) is 0 Å². The van der Waals surface area contributed by atoms with E-state index >= 15 is 0 Å². The van der Waals surface area contributed by atoms with E-state index in [1.807, 2.05) is 12.1 Å². The van der Waals surface area contributed by atoms with Gasteiger partial charge in [0, 0.05) is 17.1 Å². The Morgan fingerprint density at radius 3 is 3.05 bits per heavy atom. The van der Waals surface area contributed by atoms with E-state index in [-0.39, 0.29) is 12.0 Å². The van der Waals surface area contributed by atoms with Crippen LogP contribution in [0.1, 0.15) is 25.7 Å². The van der Waals surface area contributed by atoms with Crippen LogP contribution in [0.15, 0.2) is 22.7 Å². The molecule has 1 aromatic rings. The predicted molar refractivity (Wildman–Crippen MR) is 77.5 cm³/mol. The molecule has 1 amide bonds. The molecule has 0 radical (unpaired) electrons. The Hall–Kier alpha value is -1.07. The van der Waals surface area contributed by atoms with E-state index in [1.165, 1.54) is 0 Å². The van der Waals surface area contributed by atoms with E-state index in [4.69, 9.17) is 9.47 Å². The third-order valence-electron chi connectivity index (χ3n) is 3.13. The van der Waals surface area contributed by atoms with Crippen molar-refractivity contribution < 1.29 is 14.3 Å². The van der Waals surface area contributed by atoms with Gasteiger partial charge in [0.05, 0.1) is 25.3 Å². The number of halogens is 1. The lowest BCUT2D eigenvalue weighted by Crippen LogP contribution is -2.25. The maximum absolute atomic E-state index is 12.0. The van der Waals surface area contributed by atoms with Crippen molar-refractivity contribution >= 4 is 27.5 Å². The summed E-state index contributed by atoms with van der Waals surface area (Å²) in [6.45, 7) is 0.765. The largest absolute Gasteiger partial charge is 0.497 e. The standard InChI is InChI=1S/C14H18BrNO3/c1-18-10-5-6-12(15)13(8-10)16-14(17)9-11-4-2-3-7-19-11/h5-6,8,11H,2-4,7,9H2,1H3,(H,16,17). The van der Waals surface area contributed by atoms with E-state index in [9.17, 15) is 4.79 Å². The molecule has 1 aliphatic rings. The molecule has 0 aromatic heterocycles. The Morgan fingerprint density at radius 1 is 1.53 bits per heavy atom. The second-order valence-electron chi connectivity index (χ2n) is 4.59. The van der Waals surface area contributed by atoms with Crippen molar-refractivity contribution in [1.29, 1.82) is 0 Å². The third kappa shape index (κ3) is 4.21. The minimum absolute atomic E-state index is 0.0270. The summed E-state index contributed by atoms with van der Waals surface area (Å²) >= 11 is 3.41. The number of carbonyl (C=O) groups is 1. The molecule has 0 spiro atoms. The zero-order valence-corrected chi connectivity index (χ0v) is 12.5. The van der Waals surface area contributed by atoms with Crippen LogP contribution in [0, 0.1) is 0 Å². The van der Waals surface area contributed by atoms with Gasteiger partial charge in [-0.05, 0) is 47.3 Å². The molecule has 19 heavy (non-hydrogen) atoms. The number of hydrogen-bond acceptors (Lipinski definition) is 3. The highest BCUT2D eigenvalue weighted by Crippen LogP contribution is 2.27. The number of hydrogen-bond donors (Lipinski definition) is 1. The first kappa shape index (κ1) is 14.3. The monoisotopic (exact) mass is 327 g/mol. The number of rotatable bonds is 4. The van der Waals surface area contributed by atoms with Gasteiger partial charge in [0.15, 0.2) is 0 Å². The van der Waals surface area contributed by atoms with E-state index in [0.717, 1.165) is 36.0 Å². The highest BCUT2D eigenvalue weighted by atomic mass is 79.9. The molecule has 1 fully saturated rings. The molecule has 5 heteroatoms. The quantitative estimate of drug-likeness (QED) is 0.922. The SMILES string of the molecule is COc1ccc(Br)c(NC(=O)CC2CCCCO2)c1. The number of nitrogens with one attached hydrogen (secondary N) is 1. The van der Waals surface area contributed by atoms with Gasteiger partial charge in [-0.3, -0.25) is 4.79 Å². The van der Waals surface area contributed by atoms with Crippen LogP contribution < -0.4 is 10.1 Å². The average molecular weight is 328 g/mol. The van der Waals surface area contributed by atoms with Crippen LogP contribution >= 0.6 is 15.9 Å². The summed E-state index contributed by atoms with van der Waals surface area (Å²) in [7, 11) is 1.60. The third-order valence-corrected chi connectivity index (χ3v) is 3.83. The van der Waals surface area contributed by atoms with Gasteiger partial charge in [0.25, 0.3) is 0 Å². The van der Waals surface area contributed by atoms with Crippen molar-refractivity contribution in [3.63, 3.8) is 0 Å². The second kappa shape index (κ2) is 6.91. The number of amides is 1. The van der Waals surface area contributed by atoms with Crippen LogP contribution in [-0.4, -0.2) is 25.7 Å². The number of ether oxygens (including phenoxy) is 2. The maximum atomic E-state index is 12.0. The lowest BCUT2D eigenvalue weighted by Gasteiger charge is -2.22. The van der Waals surface area contributed by atoms with Crippen molar-refractivity contribution in [2.75, 3.05) is 19.0 Å². The lowest BCUT2D eigenvalue weighted by atomic mass is 10.1. The highest BCUT2D eigenvalue weighted by molar-refractivity contribution is 9.10. The molecule has 0 saturated carbocycles. The zero-order chi connectivity index (χ0) is 13.7. The summed E-state index contributed by atoms with van der Waals surface area (Å²) in [6.07, 6.45) is 3.66.